The van der Waals surface area contributed by atoms with Gasteiger partial charge in [0.25, 0.3) is 0 Å². The van der Waals surface area contributed by atoms with Crippen LogP contribution in [0.15, 0.2) is 136 Å². The summed E-state index contributed by atoms with van der Waals surface area (Å²) in [6.07, 6.45) is 0. The van der Waals surface area contributed by atoms with Crippen LogP contribution in [0, 0.1) is 6.92 Å². The second-order valence-electron chi connectivity index (χ2n) is 13.8. The van der Waals surface area contributed by atoms with Crippen LogP contribution in [0.3, 0.4) is 0 Å². The Bertz CT molecular complexity index is 2610. The van der Waals surface area contributed by atoms with Crippen molar-refractivity contribution < 1.29 is 0 Å². The molecule has 240 valence electrons. The van der Waals surface area contributed by atoms with Gasteiger partial charge in [0.2, 0.25) is 0 Å². The molecule has 0 aliphatic carbocycles. The molecule has 0 saturated heterocycles. The van der Waals surface area contributed by atoms with Crippen molar-refractivity contribution >= 4 is 76.8 Å². The predicted octanol–water partition coefficient (Wildman–Crippen LogP) is 13.8. The number of rotatable bonds is 6. The zero-order valence-electron chi connectivity index (χ0n) is 28.5. The third kappa shape index (κ3) is 4.76. The number of para-hydroxylation sites is 4. The van der Waals surface area contributed by atoms with Crippen molar-refractivity contribution in [1.82, 2.24) is 9.13 Å². The van der Waals surface area contributed by atoms with Crippen LogP contribution >= 0.6 is 23.1 Å². The van der Waals surface area contributed by atoms with Gasteiger partial charge in [0.15, 0.2) is 0 Å². The molecule has 0 spiro atoms. The van der Waals surface area contributed by atoms with E-state index in [2.05, 4.69) is 171 Å². The summed E-state index contributed by atoms with van der Waals surface area (Å²) in [5.74, 6) is 0.793. The Kier molecular flexibility index (Phi) is 7.23. The number of aromatic nitrogens is 2. The molecule has 0 fully saturated rings. The summed E-state index contributed by atoms with van der Waals surface area (Å²) < 4.78 is 7.68. The largest absolute Gasteiger partial charge is 0.309 e. The van der Waals surface area contributed by atoms with Crippen molar-refractivity contribution in [1.29, 1.82) is 0 Å². The first-order valence-electron chi connectivity index (χ1n) is 17.2. The van der Waals surface area contributed by atoms with Crippen molar-refractivity contribution in [3.05, 3.63) is 144 Å². The fraction of sp³-hybridized carbons (Fsp3) is 0.156. The molecule has 9 aromatic rings. The maximum absolute atomic E-state index is 2.46. The zero-order chi connectivity index (χ0) is 33.4. The van der Waals surface area contributed by atoms with Gasteiger partial charge in [-0.25, -0.2) is 0 Å². The average molecular weight is 671 g/mol. The minimum Gasteiger partial charge on any atom is -0.309 e. The Morgan fingerprint density at radius 3 is 1.43 bits per heavy atom. The van der Waals surface area contributed by atoms with E-state index >= 15 is 0 Å². The van der Waals surface area contributed by atoms with Gasteiger partial charge in [0, 0.05) is 42.5 Å². The molecule has 4 heteroatoms. The molecule has 0 aliphatic heterocycles. The summed E-state index contributed by atoms with van der Waals surface area (Å²) in [5.41, 5.74) is 11.6. The lowest BCUT2D eigenvalue weighted by Gasteiger charge is -2.16. The highest BCUT2D eigenvalue weighted by molar-refractivity contribution is 8.01. The van der Waals surface area contributed by atoms with Crippen LogP contribution < -0.4 is 0 Å². The van der Waals surface area contributed by atoms with Crippen molar-refractivity contribution in [2.24, 2.45) is 0 Å². The summed E-state index contributed by atoms with van der Waals surface area (Å²) in [4.78, 5) is 1.34. The molecular weight excluding hydrogens is 633 g/mol. The first-order chi connectivity index (χ1) is 23.9. The lowest BCUT2D eigenvalue weighted by atomic mass is 9.99. The van der Waals surface area contributed by atoms with Gasteiger partial charge in [-0.1, -0.05) is 112 Å². The molecule has 0 radical (unpaired) electrons. The molecule has 3 heterocycles. The highest BCUT2D eigenvalue weighted by Gasteiger charge is 2.21. The van der Waals surface area contributed by atoms with Crippen LogP contribution in [0.1, 0.15) is 56.2 Å². The maximum atomic E-state index is 2.46. The van der Waals surface area contributed by atoms with Crippen molar-refractivity contribution in [3.63, 3.8) is 0 Å². The minimum absolute atomic E-state index is 0.387. The molecular formula is C45H38N2S2. The van der Waals surface area contributed by atoms with Crippen LogP contribution in [-0.2, 0) is 0 Å². The lowest BCUT2D eigenvalue weighted by Crippen LogP contribution is -1.98. The quantitative estimate of drug-likeness (QED) is 0.171. The smallest absolute Gasteiger partial charge is 0.0688 e. The standard InChI is InChI=1S/C45H38N2S2/c1-27(2)36-24-30(46-39-18-10-6-14-32(39)33-15-7-11-19-40(33)46)22-23-43(36)48-45-29(5)38-26-31(25-37(28(3)4)44(38)49-45)47-41-20-12-8-16-34(41)35-17-9-13-21-42(35)47/h6-28H,1-5H3. The monoisotopic (exact) mass is 670 g/mol. The molecule has 6 aromatic carbocycles. The van der Waals surface area contributed by atoms with Gasteiger partial charge in [-0.05, 0) is 95.4 Å². The van der Waals surface area contributed by atoms with E-state index in [1.54, 1.807) is 0 Å². The Balaban J connectivity index is 1.18. The Morgan fingerprint density at radius 2 is 0.939 bits per heavy atom. The normalized spacial score (nSPS) is 12.2. The van der Waals surface area contributed by atoms with E-state index in [0.29, 0.717) is 11.8 Å². The van der Waals surface area contributed by atoms with E-state index < -0.39 is 0 Å². The van der Waals surface area contributed by atoms with E-state index in [-0.39, 0.29) is 0 Å². The van der Waals surface area contributed by atoms with E-state index in [1.807, 2.05) is 23.1 Å². The third-order valence-corrected chi connectivity index (χ3v) is 12.9. The first-order valence-corrected chi connectivity index (χ1v) is 18.9. The summed E-state index contributed by atoms with van der Waals surface area (Å²) >= 11 is 3.90. The fourth-order valence-corrected chi connectivity index (χ4v) is 10.6. The zero-order valence-corrected chi connectivity index (χ0v) is 30.1. The van der Waals surface area contributed by atoms with Gasteiger partial charge in [-0.15, -0.1) is 11.3 Å². The average Bonchev–Trinajstić information content (AvgIpc) is 3.75. The summed E-state index contributed by atoms with van der Waals surface area (Å²) in [5, 5.41) is 6.56. The first kappa shape index (κ1) is 30.3. The topological polar surface area (TPSA) is 9.86 Å². The number of aryl methyl sites for hydroxylation is 1. The highest BCUT2D eigenvalue weighted by atomic mass is 32.2. The molecule has 3 aromatic heterocycles. The van der Waals surface area contributed by atoms with E-state index in [4.69, 9.17) is 0 Å². The second kappa shape index (κ2) is 11.7. The van der Waals surface area contributed by atoms with Gasteiger partial charge in [-0.2, -0.15) is 0 Å². The number of nitrogens with zero attached hydrogens (tertiary/aromatic N) is 2. The molecule has 49 heavy (non-hydrogen) atoms. The molecule has 0 atom stereocenters. The van der Waals surface area contributed by atoms with Crippen molar-refractivity contribution in [2.45, 2.75) is 55.6 Å². The Hall–Kier alpha value is -4.77. The summed E-state index contributed by atoms with van der Waals surface area (Å²) in [6, 6.07) is 47.1. The molecule has 0 amide bonds. The summed E-state index contributed by atoms with van der Waals surface area (Å²) in [6.45, 7) is 11.6. The van der Waals surface area contributed by atoms with E-state index in [9.17, 15) is 0 Å². The molecule has 0 unspecified atom stereocenters. The number of hydrogen-bond donors (Lipinski definition) is 0. The minimum atomic E-state index is 0.387. The fourth-order valence-electron chi connectivity index (χ4n) is 7.68. The molecule has 0 aliphatic rings. The van der Waals surface area contributed by atoms with Gasteiger partial charge in [0.05, 0.1) is 26.3 Å². The second-order valence-corrected chi connectivity index (χ2v) is 16.1. The Morgan fingerprint density at radius 1 is 0.490 bits per heavy atom. The molecule has 9 rings (SSSR count). The van der Waals surface area contributed by atoms with Crippen molar-refractivity contribution in [3.8, 4) is 11.4 Å². The van der Waals surface area contributed by atoms with Crippen LogP contribution in [-0.4, -0.2) is 9.13 Å². The predicted molar refractivity (Wildman–Crippen MR) is 214 cm³/mol. The molecule has 2 nitrogen and oxygen atoms in total. The van der Waals surface area contributed by atoms with Crippen molar-refractivity contribution in [2.75, 3.05) is 0 Å². The number of benzene rings is 6. The molecule has 0 saturated carbocycles. The van der Waals surface area contributed by atoms with Gasteiger partial charge in [-0.3, -0.25) is 0 Å². The highest BCUT2D eigenvalue weighted by Crippen LogP contribution is 2.47. The molecule has 0 bridgehead atoms. The summed E-state index contributed by atoms with van der Waals surface area (Å²) in [7, 11) is 0. The lowest BCUT2D eigenvalue weighted by molar-refractivity contribution is 0.839. The van der Waals surface area contributed by atoms with Crippen LogP contribution in [0.2, 0.25) is 0 Å². The SMILES string of the molecule is Cc1c(Sc2ccc(-n3c4ccccc4c4ccccc43)cc2C(C)C)sc2c(C(C)C)cc(-n3c4ccccc4c4ccccc43)cc12. The Labute approximate surface area is 295 Å². The van der Waals surface area contributed by atoms with E-state index in [0.717, 1.165) is 0 Å². The van der Waals surface area contributed by atoms with E-state index in [1.165, 1.54) is 90.9 Å². The van der Waals surface area contributed by atoms with Crippen LogP contribution in [0.5, 0.6) is 0 Å². The van der Waals surface area contributed by atoms with Crippen LogP contribution in [0.25, 0.3) is 65.1 Å². The number of hydrogen-bond acceptors (Lipinski definition) is 2. The van der Waals surface area contributed by atoms with Crippen LogP contribution in [0.4, 0.5) is 0 Å². The number of fused-ring (bicyclic) bond motifs is 7. The molecule has 0 N–H and O–H groups in total. The third-order valence-electron chi connectivity index (χ3n) is 10.1. The maximum Gasteiger partial charge on any atom is 0.0688 e. The van der Waals surface area contributed by atoms with Gasteiger partial charge >= 0.3 is 0 Å². The van der Waals surface area contributed by atoms with Gasteiger partial charge < -0.3 is 9.13 Å². The van der Waals surface area contributed by atoms with Gasteiger partial charge in [0.1, 0.15) is 0 Å². The number of thiophene rings is 1.